The van der Waals surface area contributed by atoms with E-state index in [-0.39, 0.29) is 5.04 Å². The van der Waals surface area contributed by atoms with Crippen LogP contribution in [0.4, 0.5) is 5.69 Å². The maximum absolute atomic E-state index is 13.2. The SMILES string of the molecule is C=C.C=C/C=C\CC.CCNCCOc1ccc(NC)c(C(=N)S(=O)c2cccc3ccccc23)c1. The van der Waals surface area contributed by atoms with Crippen molar-refractivity contribution in [3.63, 3.8) is 0 Å². The van der Waals surface area contributed by atoms with Gasteiger partial charge in [-0.2, -0.15) is 0 Å². The summed E-state index contributed by atoms with van der Waals surface area (Å²) >= 11 is 0. The van der Waals surface area contributed by atoms with Crippen LogP contribution in [0.1, 0.15) is 25.8 Å². The standard InChI is InChI=1S/C22H25N3O2S.C6H10.C2H4/c1-3-25-13-14-27-17-11-12-20(24-2)19(15-17)22(23)28(26)21-10-6-8-16-7-4-5-9-18(16)21;1-3-5-6-4-2;1-2/h4-12,15,23-25H,3,13-14H2,1-2H3;3,5-6H,1,4H2,2H3;1-2H2/b;6-5-;. The van der Waals surface area contributed by atoms with Crippen LogP contribution in [0.15, 0.2) is 104 Å². The number of allylic oxidation sites excluding steroid dienone is 3. The Labute approximate surface area is 218 Å². The third-order valence-electron chi connectivity index (χ3n) is 4.95. The summed E-state index contributed by atoms with van der Waals surface area (Å²) in [6.07, 6.45) is 6.89. The van der Waals surface area contributed by atoms with Gasteiger partial charge in [-0.3, -0.25) is 5.41 Å². The molecule has 3 aromatic carbocycles. The fourth-order valence-corrected chi connectivity index (χ4v) is 4.41. The smallest absolute Gasteiger partial charge is 0.133 e. The second-order valence-corrected chi connectivity index (χ2v) is 8.69. The fourth-order valence-electron chi connectivity index (χ4n) is 3.24. The molecule has 0 aliphatic heterocycles. The summed E-state index contributed by atoms with van der Waals surface area (Å²) < 4.78 is 19.0. The van der Waals surface area contributed by atoms with Gasteiger partial charge in [0.2, 0.25) is 0 Å². The van der Waals surface area contributed by atoms with Gasteiger partial charge in [0.25, 0.3) is 0 Å². The molecular formula is C30H39N3O2S. The van der Waals surface area contributed by atoms with E-state index >= 15 is 0 Å². The molecule has 6 heteroatoms. The molecule has 1 atom stereocenters. The second kappa shape index (κ2) is 17.9. The maximum Gasteiger partial charge on any atom is 0.133 e. The molecule has 5 nitrogen and oxygen atoms in total. The molecule has 0 saturated heterocycles. The molecule has 1 unspecified atom stereocenters. The average molecular weight is 506 g/mol. The Hall–Kier alpha value is -3.48. The number of anilines is 1. The topological polar surface area (TPSA) is 74.2 Å². The normalized spacial score (nSPS) is 11.0. The van der Waals surface area contributed by atoms with E-state index in [1.165, 1.54) is 0 Å². The highest BCUT2D eigenvalue weighted by molar-refractivity contribution is 8.01. The predicted molar refractivity (Wildman–Crippen MR) is 158 cm³/mol. The summed E-state index contributed by atoms with van der Waals surface area (Å²) in [4.78, 5) is 0.642. The van der Waals surface area contributed by atoms with Crippen molar-refractivity contribution in [3.05, 3.63) is 104 Å². The van der Waals surface area contributed by atoms with Gasteiger partial charge in [0, 0.05) is 24.8 Å². The van der Waals surface area contributed by atoms with Gasteiger partial charge in [-0.25, -0.2) is 4.21 Å². The van der Waals surface area contributed by atoms with Crippen LogP contribution >= 0.6 is 0 Å². The Balaban J connectivity index is 0.000000710. The molecule has 3 rings (SSSR count). The third-order valence-corrected chi connectivity index (χ3v) is 6.29. The first-order chi connectivity index (χ1) is 17.6. The number of ether oxygens (including phenoxy) is 1. The van der Waals surface area contributed by atoms with Crippen molar-refractivity contribution in [1.82, 2.24) is 5.32 Å². The van der Waals surface area contributed by atoms with E-state index in [9.17, 15) is 4.21 Å². The van der Waals surface area contributed by atoms with E-state index in [0.29, 0.717) is 22.8 Å². The van der Waals surface area contributed by atoms with E-state index in [0.717, 1.165) is 36.0 Å². The van der Waals surface area contributed by atoms with Gasteiger partial charge in [-0.15, -0.1) is 13.2 Å². The van der Waals surface area contributed by atoms with Gasteiger partial charge < -0.3 is 15.4 Å². The van der Waals surface area contributed by atoms with Crippen molar-refractivity contribution >= 4 is 32.3 Å². The van der Waals surface area contributed by atoms with Crippen LogP contribution in [-0.2, 0) is 10.8 Å². The van der Waals surface area contributed by atoms with Crippen LogP contribution in [0.3, 0.4) is 0 Å². The second-order valence-electron chi connectivity index (χ2n) is 7.31. The summed E-state index contributed by atoms with van der Waals surface area (Å²) in [5.74, 6) is 0.659. The van der Waals surface area contributed by atoms with Crippen LogP contribution < -0.4 is 15.4 Å². The van der Waals surface area contributed by atoms with E-state index < -0.39 is 10.8 Å². The van der Waals surface area contributed by atoms with E-state index in [4.69, 9.17) is 10.1 Å². The summed E-state index contributed by atoms with van der Waals surface area (Å²) in [5, 5.41) is 16.9. The van der Waals surface area contributed by atoms with Crippen LogP contribution in [-0.4, -0.2) is 36.0 Å². The van der Waals surface area contributed by atoms with Gasteiger partial charge in [0.05, 0.1) is 4.90 Å². The molecule has 0 aromatic heterocycles. The monoisotopic (exact) mass is 505 g/mol. The first kappa shape index (κ1) is 30.6. The number of hydrogen-bond donors (Lipinski definition) is 3. The summed E-state index contributed by atoms with van der Waals surface area (Å²) in [6.45, 7) is 15.8. The molecule has 0 bridgehead atoms. The number of fused-ring (bicyclic) bond motifs is 1. The lowest BCUT2D eigenvalue weighted by Crippen LogP contribution is -2.20. The third kappa shape index (κ3) is 9.29. The molecule has 0 heterocycles. The van der Waals surface area contributed by atoms with Gasteiger partial charge in [-0.05, 0) is 48.0 Å². The lowest BCUT2D eigenvalue weighted by Gasteiger charge is -2.14. The Morgan fingerprint density at radius 1 is 1.08 bits per heavy atom. The summed E-state index contributed by atoms with van der Waals surface area (Å²) in [7, 11) is 0.183. The largest absolute Gasteiger partial charge is 0.492 e. The zero-order valence-electron chi connectivity index (χ0n) is 21.7. The van der Waals surface area contributed by atoms with Gasteiger partial charge in [-0.1, -0.05) is 75.1 Å². The first-order valence-corrected chi connectivity index (χ1v) is 13.1. The van der Waals surface area contributed by atoms with Gasteiger partial charge in [0.1, 0.15) is 28.2 Å². The van der Waals surface area contributed by atoms with Crippen molar-refractivity contribution in [1.29, 1.82) is 5.41 Å². The maximum atomic E-state index is 13.2. The van der Waals surface area contributed by atoms with Crippen LogP contribution in [0.2, 0.25) is 0 Å². The Morgan fingerprint density at radius 3 is 2.44 bits per heavy atom. The van der Waals surface area contributed by atoms with Crippen molar-refractivity contribution in [2.75, 3.05) is 32.1 Å². The Morgan fingerprint density at radius 2 is 1.81 bits per heavy atom. The number of rotatable bonds is 10. The van der Waals surface area contributed by atoms with Gasteiger partial charge in [0.15, 0.2) is 0 Å². The number of likely N-dealkylation sites (N-methyl/N-ethyl adjacent to an activating group) is 1. The molecular weight excluding hydrogens is 466 g/mol. The predicted octanol–water partition coefficient (Wildman–Crippen LogP) is 6.94. The highest BCUT2D eigenvalue weighted by atomic mass is 32.2. The number of benzene rings is 3. The lowest BCUT2D eigenvalue weighted by molar-refractivity contribution is 0.315. The van der Waals surface area contributed by atoms with Crippen LogP contribution in [0, 0.1) is 5.41 Å². The minimum Gasteiger partial charge on any atom is -0.492 e. The molecule has 0 fully saturated rings. The fraction of sp³-hybridized carbons (Fsp3) is 0.233. The minimum absolute atomic E-state index is 0.0536. The van der Waals surface area contributed by atoms with E-state index in [1.807, 2.05) is 67.6 Å². The molecule has 3 aromatic rings. The molecule has 0 aliphatic carbocycles. The highest BCUT2D eigenvalue weighted by Crippen LogP contribution is 2.28. The van der Waals surface area contributed by atoms with Crippen molar-refractivity contribution in [2.24, 2.45) is 0 Å². The first-order valence-electron chi connectivity index (χ1n) is 12.0. The summed E-state index contributed by atoms with van der Waals surface area (Å²) in [5.41, 5.74) is 1.33. The zero-order valence-corrected chi connectivity index (χ0v) is 22.5. The van der Waals surface area contributed by atoms with Crippen LogP contribution in [0.5, 0.6) is 5.75 Å². The lowest BCUT2D eigenvalue weighted by atomic mass is 10.1. The molecule has 0 spiro atoms. The molecule has 0 aliphatic rings. The quantitative estimate of drug-likeness (QED) is 0.0917. The Kier molecular flexibility index (Phi) is 15.2. The number of nitrogens with one attached hydrogen (secondary N) is 3. The molecule has 0 radical (unpaired) electrons. The van der Waals surface area contributed by atoms with E-state index in [1.54, 1.807) is 19.2 Å². The van der Waals surface area contributed by atoms with Gasteiger partial charge >= 0.3 is 0 Å². The molecule has 0 amide bonds. The molecule has 192 valence electrons. The average Bonchev–Trinajstić information content (AvgIpc) is 2.94. The van der Waals surface area contributed by atoms with Crippen LogP contribution in [0.25, 0.3) is 10.8 Å². The Bertz CT molecular complexity index is 1150. The number of hydrogen-bond acceptors (Lipinski definition) is 5. The van der Waals surface area contributed by atoms with Crippen molar-refractivity contribution in [3.8, 4) is 5.75 Å². The van der Waals surface area contributed by atoms with Crippen molar-refractivity contribution < 1.29 is 8.95 Å². The molecule has 3 N–H and O–H groups in total. The van der Waals surface area contributed by atoms with E-state index in [2.05, 4.69) is 43.4 Å². The van der Waals surface area contributed by atoms with Crippen molar-refractivity contribution in [2.45, 2.75) is 25.2 Å². The minimum atomic E-state index is -1.61. The molecule has 36 heavy (non-hydrogen) atoms. The summed E-state index contributed by atoms with van der Waals surface area (Å²) in [6, 6.07) is 19.0. The zero-order chi connectivity index (χ0) is 26.8. The highest BCUT2D eigenvalue weighted by Gasteiger charge is 2.18. The molecule has 0 saturated carbocycles.